The number of nitrogens with one attached hydrogen (secondary N) is 1. The number of para-hydroxylation sites is 1. The molecule has 1 N–H and O–H groups in total. The van der Waals surface area contributed by atoms with Crippen molar-refractivity contribution in [3.05, 3.63) is 65.7 Å². The SMILES string of the molecule is O=C(NCC(=O)N(CC1CC1)c1ccccc1)N1CCc2ccccc2C1. The van der Waals surface area contributed by atoms with Gasteiger partial charge in [0.15, 0.2) is 0 Å². The van der Waals surface area contributed by atoms with Crippen LogP contribution in [0, 0.1) is 5.92 Å². The van der Waals surface area contributed by atoms with Crippen LogP contribution in [-0.2, 0) is 17.8 Å². The van der Waals surface area contributed by atoms with Crippen LogP contribution in [0.15, 0.2) is 54.6 Å². The van der Waals surface area contributed by atoms with E-state index in [1.54, 1.807) is 4.90 Å². The van der Waals surface area contributed by atoms with E-state index in [1.807, 2.05) is 47.4 Å². The van der Waals surface area contributed by atoms with Gasteiger partial charge in [0.05, 0.1) is 6.54 Å². The number of nitrogens with zero attached hydrogens (tertiary/aromatic N) is 2. The summed E-state index contributed by atoms with van der Waals surface area (Å²) < 4.78 is 0. The molecule has 1 aliphatic heterocycles. The lowest BCUT2D eigenvalue weighted by Crippen LogP contribution is -2.47. The molecule has 27 heavy (non-hydrogen) atoms. The van der Waals surface area contributed by atoms with Gasteiger partial charge in [0, 0.05) is 25.3 Å². The largest absolute Gasteiger partial charge is 0.329 e. The highest BCUT2D eigenvalue weighted by atomic mass is 16.2. The Morgan fingerprint density at radius 1 is 1.00 bits per heavy atom. The highest BCUT2D eigenvalue weighted by molar-refractivity contribution is 5.96. The Hall–Kier alpha value is -2.82. The van der Waals surface area contributed by atoms with Crippen molar-refractivity contribution in [1.29, 1.82) is 0 Å². The summed E-state index contributed by atoms with van der Waals surface area (Å²) in [6, 6.07) is 17.8. The number of rotatable bonds is 5. The topological polar surface area (TPSA) is 52.7 Å². The van der Waals surface area contributed by atoms with E-state index in [0.717, 1.165) is 18.7 Å². The smallest absolute Gasteiger partial charge is 0.318 e. The van der Waals surface area contributed by atoms with Gasteiger partial charge in [0.25, 0.3) is 0 Å². The quantitative estimate of drug-likeness (QED) is 0.887. The molecule has 5 heteroatoms. The molecule has 5 nitrogen and oxygen atoms in total. The Morgan fingerprint density at radius 3 is 2.44 bits per heavy atom. The number of carbonyl (C=O) groups excluding carboxylic acids is 2. The van der Waals surface area contributed by atoms with E-state index in [4.69, 9.17) is 0 Å². The Balaban J connectivity index is 1.35. The molecule has 0 bridgehead atoms. The number of amides is 3. The zero-order valence-electron chi connectivity index (χ0n) is 15.4. The average Bonchev–Trinajstić information content (AvgIpc) is 3.54. The minimum absolute atomic E-state index is 0.0264. The number of carbonyl (C=O) groups is 2. The summed E-state index contributed by atoms with van der Waals surface area (Å²) in [6.45, 7) is 2.04. The lowest BCUT2D eigenvalue weighted by molar-refractivity contribution is -0.117. The molecule has 0 saturated heterocycles. The second-order valence-corrected chi connectivity index (χ2v) is 7.38. The molecule has 1 aliphatic carbocycles. The van der Waals surface area contributed by atoms with E-state index >= 15 is 0 Å². The molecule has 2 aromatic rings. The number of anilines is 1. The Morgan fingerprint density at radius 2 is 1.70 bits per heavy atom. The summed E-state index contributed by atoms with van der Waals surface area (Å²) in [5.41, 5.74) is 3.39. The molecule has 3 amide bonds. The second-order valence-electron chi connectivity index (χ2n) is 7.38. The van der Waals surface area contributed by atoms with Crippen molar-refractivity contribution in [2.75, 3.05) is 24.5 Å². The van der Waals surface area contributed by atoms with Crippen molar-refractivity contribution < 1.29 is 9.59 Å². The van der Waals surface area contributed by atoms with Crippen LogP contribution < -0.4 is 10.2 Å². The Kier molecular flexibility index (Phi) is 5.10. The monoisotopic (exact) mass is 363 g/mol. The highest BCUT2D eigenvalue weighted by Crippen LogP contribution is 2.31. The summed E-state index contributed by atoms with van der Waals surface area (Å²) >= 11 is 0. The third kappa shape index (κ3) is 4.30. The second kappa shape index (κ2) is 7.82. The van der Waals surface area contributed by atoms with Crippen LogP contribution >= 0.6 is 0 Å². The van der Waals surface area contributed by atoms with Gasteiger partial charge in [-0.25, -0.2) is 4.79 Å². The van der Waals surface area contributed by atoms with Crippen LogP contribution in [-0.4, -0.2) is 36.5 Å². The molecule has 0 aromatic heterocycles. The molecule has 1 saturated carbocycles. The molecule has 4 rings (SSSR count). The molecule has 1 heterocycles. The van der Waals surface area contributed by atoms with Crippen LogP contribution in [0.1, 0.15) is 24.0 Å². The van der Waals surface area contributed by atoms with Crippen molar-refractivity contribution in [3.63, 3.8) is 0 Å². The molecule has 140 valence electrons. The molecule has 0 atom stereocenters. The van der Waals surface area contributed by atoms with E-state index in [0.29, 0.717) is 19.0 Å². The third-order valence-electron chi connectivity index (χ3n) is 5.32. The fourth-order valence-corrected chi connectivity index (χ4v) is 3.55. The molecule has 2 aliphatic rings. The van der Waals surface area contributed by atoms with Crippen molar-refractivity contribution in [2.45, 2.75) is 25.8 Å². The predicted octanol–water partition coefficient (Wildman–Crippen LogP) is 3.20. The van der Waals surface area contributed by atoms with Crippen LogP contribution in [0.2, 0.25) is 0 Å². The van der Waals surface area contributed by atoms with Gasteiger partial charge in [-0.15, -0.1) is 0 Å². The first-order valence-corrected chi connectivity index (χ1v) is 9.65. The van der Waals surface area contributed by atoms with Gasteiger partial charge >= 0.3 is 6.03 Å². The van der Waals surface area contributed by atoms with Crippen LogP contribution in [0.3, 0.4) is 0 Å². The number of benzene rings is 2. The van der Waals surface area contributed by atoms with Gasteiger partial charge in [0.2, 0.25) is 5.91 Å². The molecule has 1 fully saturated rings. The van der Waals surface area contributed by atoms with E-state index in [1.165, 1.54) is 24.0 Å². The summed E-state index contributed by atoms with van der Waals surface area (Å²) in [5, 5.41) is 2.82. The van der Waals surface area contributed by atoms with Gasteiger partial charge in [-0.1, -0.05) is 42.5 Å². The fourth-order valence-electron chi connectivity index (χ4n) is 3.55. The van der Waals surface area contributed by atoms with Gasteiger partial charge in [-0.2, -0.15) is 0 Å². The van der Waals surface area contributed by atoms with Crippen molar-refractivity contribution in [3.8, 4) is 0 Å². The predicted molar refractivity (Wildman–Crippen MR) is 105 cm³/mol. The minimum Gasteiger partial charge on any atom is -0.329 e. The molecule has 0 spiro atoms. The maximum Gasteiger partial charge on any atom is 0.318 e. The maximum atomic E-state index is 12.8. The van der Waals surface area contributed by atoms with Crippen LogP contribution in [0.5, 0.6) is 0 Å². The standard InChI is InChI=1S/C22H25N3O2/c26-21(25(15-17-10-11-17)20-8-2-1-3-9-20)14-23-22(27)24-13-12-18-6-4-5-7-19(18)16-24/h1-9,17H,10-16H2,(H,23,27). The first-order chi connectivity index (χ1) is 13.2. The highest BCUT2D eigenvalue weighted by Gasteiger charge is 2.28. The van der Waals surface area contributed by atoms with Gasteiger partial charge in [0.1, 0.15) is 0 Å². The summed E-state index contributed by atoms with van der Waals surface area (Å²) in [6.07, 6.45) is 3.21. The summed E-state index contributed by atoms with van der Waals surface area (Å²) in [5.74, 6) is 0.530. The minimum atomic E-state index is -0.169. The lowest BCUT2D eigenvalue weighted by Gasteiger charge is -2.29. The van der Waals surface area contributed by atoms with Crippen LogP contribution in [0.4, 0.5) is 10.5 Å². The number of hydrogen-bond acceptors (Lipinski definition) is 2. The van der Waals surface area contributed by atoms with E-state index < -0.39 is 0 Å². The molecule has 0 radical (unpaired) electrons. The number of hydrogen-bond donors (Lipinski definition) is 1. The molecule has 2 aromatic carbocycles. The van der Waals surface area contributed by atoms with Crippen molar-refractivity contribution in [1.82, 2.24) is 10.2 Å². The first kappa shape index (κ1) is 17.6. The number of fused-ring (bicyclic) bond motifs is 1. The first-order valence-electron chi connectivity index (χ1n) is 9.65. The van der Waals surface area contributed by atoms with Crippen LogP contribution in [0.25, 0.3) is 0 Å². The van der Waals surface area contributed by atoms with Gasteiger partial charge in [-0.3, -0.25) is 4.79 Å². The zero-order valence-corrected chi connectivity index (χ0v) is 15.4. The normalized spacial score (nSPS) is 15.8. The molecule has 0 unspecified atom stereocenters. The fraction of sp³-hybridized carbons (Fsp3) is 0.364. The van der Waals surface area contributed by atoms with E-state index in [9.17, 15) is 9.59 Å². The summed E-state index contributed by atoms with van der Waals surface area (Å²) in [7, 11) is 0. The number of urea groups is 1. The van der Waals surface area contributed by atoms with Gasteiger partial charge < -0.3 is 15.1 Å². The lowest BCUT2D eigenvalue weighted by atomic mass is 10.0. The van der Waals surface area contributed by atoms with Gasteiger partial charge in [-0.05, 0) is 48.4 Å². The molecular formula is C22H25N3O2. The maximum absolute atomic E-state index is 12.8. The average molecular weight is 363 g/mol. The van der Waals surface area contributed by atoms with Crippen molar-refractivity contribution in [2.24, 2.45) is 5.92 Å². The Bertz CT molecular complexity index is 817. The van der Waals surface area contributed by atoms with Crippen molar-refractivity contribution >= 4 is 17.6 Å². The summed E-state index contributed by atoms with van der Waals surface area (Å²) in [4.78, 5) is 28.9. The third-order valence-corrected chi connectivity index (χ3v) is 5.32. The molecular weight excluding hydrogens is 338 g/mol. The van der Waals surface area contributed by atoms with E-state index in [2.05, 4.69) is 17.4 Å². The van der Waals surface area contributed by atoms with E-state index in [-0.39, 0.29) is 18.5 Å². The zero-order chi connectivity index (χ0) is 18.6. The Labute approximate surface area is 160 Å².